The molecule has 3 aromatic carbocycles. The van der Waals surface area contributed by atoms with Crippen LogP contribution in [-0.4, -0.2) is 13.9 Å². The van der Waals surface area contributed by atoms with Crippen molar-refractivity contribution in [3.63, 3.8) is 0 Å². The van der Waals surface area contributed by atoms with Gasteiger partial charge in [0.05, 0.1) is 7.11 Å². The first kappa shape index (κ1) is 26.2. The summed E-state index contributed by atoms with van der Waals surface area (Å²) in [4.78, 5) is 0. The van der Waals surface area contributed by atoms with Crippen molar-refractivity contribution in [2.24, 2.45) is 0 Å². The Morgan fingerprint density at radius 1 is 0.636 bits per heavy atom. The Morgan fingerprint density at radius 2 is 1.09 bits per heavy atom. The van der Waals surface area contributed by atoms with Crippen LogP contribution in [0.3, 0.4) is 0 Å². The van der Waals surface area contributed by atoms with Crippen LogP contribution in [0.15, 0.2) is 66.7 Å². The molecule has 3 nitrogen and oxygen atoms in total. The minimum atomic E-state index is -0.163. The Hall–Kier alpha value is -3.01. The molecule has 0 bridgehead atoms. The summed E-state index contributed by atoms with van der Waals surface area (Å²) in [5, 5.41) is 0. The fourth-order valence-electron chi connectivity index (χ4n) is 3.11. The van der Waals surface area contributed by atoms with Gasteiger partial charge in [0.1, 0.15) is 11.6 Å². The molecule has 0 aliphatic carbocycles. The van der Waals surface area contributed by atoms with Gasteiger partial charge in [0, 0.05) is 0 Å². The third kappa shape index (κ3) is 8.45. The molecule has 1 aliphatic heterocycles. The first-order chi connectivity index (χ1) is 15.7. The molecule has 0 unspecified atom stereocenters. The minimum Gasteiger partial charge on any atom is -0.497 e. The van der Waals surface area contributed by atoms with E-state index in [-0.39, 0.29) is 5.82 Å². The summed E-state index contributed by atoms with van der Waals surface area (Å²) in [6.07, 6.45) is 0. The SMILES string of the molecule is CC(C)c1ccc(F)cc1.CC(C)c1ccc2c(c1)OCO2.COc1ccc(C(C)C)cc1. The highest BCUT2D eigenvalue weighted by Crippen LogP contribution is 2.34. The Kier molecular flexibility index (Phi) is 10.2. The average Bonchev–Trinajstić information content (AvgIpc) is 3.28. The lowest BCUT2D eigenvalue weighted by molar-refractivity contribution is 0.174. The van der Waals surface area contributed by atoms with Crippen LogP contribution in [0.4, 0.5) is 4.39 Å². The van der Waals surface area contributed by atoms with Crippen molar-refractivity contribution in [1.82, 2.24) is 0 Å². The van der Waals surface area contributed by atoms with Gasteiger partial charge in [0.15, 0.2) is 11.5 Å². The number of methoxy groups -OCH3 is 1. The number of ether oxygens (including phenoxy) is 3. The lowest BCUT2D eigenvalue weighted by atomic mass is 10.0. The summed E-state index contributed by atoms with van der Waals surface area (Å²) in [5.41, 5.74) is 3.83. The fourth-order valence-corrected chi connectivity index (χ4v) is 3.11. The first-order valence-electron chi connectivity index (χ1n) is 11.5. The van der Waals surface area contributed by atoms with Crippen LogP contribution in [0.2, 0.25) is 0 Å². The molecule has 1 heterocycles. The van der Waals surface area contributed by atoms with E-state index in [0.717, 1.165) is 17.2 Å². The molecular weight excluding hydrogens is 415 g/mol. The summed E-state index contributed by atoms with van der Waals surface area (Å²) >= 11 is 0. The smallest absolute Gasteiger partial charge is 0.231 e. The molecule has 0 aromatic heterocycles. The second kappa shape index (κ2) is 12.9. The first-order valence-corrected chi connectivity index (χ1v) is 11.5. The summed E-state index contributed by atoms with van der Waals surface area (Å²) in [6.45, 7) is 13.2. The van der Waals surface area contributed by atoms with Gasteiger partial charge in [-0.25, -0.2) is 4.39 Å². The summed E-state index contributed by atoms with van der Waals surface area (Å²) in [5.74, 6) is 4.13. The summed E-state index contributed by atoms with van der Waals surface area (Å²) in [7, 11) is 1.68. The third-order valence-electron chi connectivity index (χ3n) is 5.38. The van der Waals surface area contributed by atoms with Gasteiger partial charge < -0.3 is 14.2 Å². The number of rotatable bonds is 4. The van der Waals surface area contributed by atoms with Crippen molar-refractivity contribution in [2.45, 2.75) is 59.3 Å². The molecule has 4 heteroatoms. The maximum Gasteiger partial charge on any atom is 0.231 e. The molecule has 1 aliphatic rings. The molecule has 3 aromatic rings. The Labute approximate surface area is 198 Å². The fraction of sp³-hybridized carbons (Fsp3) is 0.379. The third-order valence-corrected chi connectivity index (χ3v) is 5.38. The highest BCUT2D eigenvalue weighted by atomic mass is 19.1. The van der Waals surface area contributed by atoms with E-state index in [2.05, 4.69) is 59.7 Å². The molecule has 4 rings (SSSR count). The molecule has 0 spiro atoms. The van der Waals surface area contributed by atoms with E-state index in [0.29, 0.717) is 24.5 Å². The van der Waals surface area contributed by atoms with Gasteiger partial charge in [0.2, 0.25) is 6.79 Å². The van der Waals surface area contributed by atoms with Crippen molar-refractivity contribution < 1.29 is 18.6 Å². The van der Waals surface area contributed by atoms with E-state index in [1.165, 1.54) is 28.8 Å². The van der Waals surface area contributed by atoms with E-state index < -0.39 is 0 Å². The standard InChI is InChI=1S/C10H12O2.C10H14O.C9H11F/c1-7(2)8-3-4-9-10(5-8)12-6-11-9;1-8(2)9-4-6-10(11-3)7-5-9;1-7(2)8-3-5-9(10)6-4-8/h3-5,7H,6H2,1-2H3;4-8H,1-3H3;3-7H,1-2H3. The van der Waals surface area contributed by atoms with E-state index in [9.17, 15) is 4.39 Å². The molecule has 0 radical (unpaired) electrons. The van der Waals surface area contributed by atoms with Crippen LogP contribution in [0.1, 0.15) is 76.0 Å². The van der Waals surface area contributed by atoms with E-state index in [1.807, 2.05) is 36.4 Å². The predicted octanol–water partition coefficient (Wildman–Crippen LogP) is 8.31. The van der Waals surface area contributed by atoms with Crippen LogP contribution in [-0.2, 0) is 0 Å². The van der Waals surface area contributed by atoms with Crippen molar-refractivity contribution in [1.29, 1.82) is 0 Å². The summed E-state index contributed by atoms with van der Waals surface area (Å²) in [6, 6.07) is 20.9. The second-order valence-electron chi connectivity index (χ2n) is 8.90. The predicted molar refractivity (Wildman–Crippen MR) is 134 cm³/mol. The molecule has 0 fully saturated rings. The normalized spacial score (nSPS) is 11.6. The van der Waals surface area contributed by atoms with E-state index in [1.54, 1.807) is 7.11 Å². The zero-order valence-corrected chi connectivity index (χ0v) is 20.9. The minimum absolute atomic E-state index is 0.163. The molecule has 33 heavy (non-hydrogen) atoms. The van der Waals surface area contributed by atoms with Crippen molar-refractivity contribution in [2.75, 3.05) is 13.9 Å². The van der Waals surface area contributed by atoms with Crippen LogP contribution >= 0.6 is 0 Å². The molecule has 0 amide bonds. The van der Waals surface area contributed by atoms with Crippen molar-refractivity contribution in [3.8, 4) is 17.2 Å². The number of hydrogen-bond donors (Lipinski definition) is 0. The Balaban J connectivity index is 0.000000176. The Morgan fingerprint density at radius 3 is 1.58 bits per heavy atom. The average molecular weight is 453 g/mol. The van der Waals surface area contributed by atoms with Crippen LogP contribution in [0.25, 0.3) is 0 Å². The highest BCUT2D eigenvalue weighted by Gasteiger charge is 2.13. The largest absolute Gasteiger partial charge is 0.497 e. The van der Waals surface area contributed by atoms with Gasteiger partial charge in [-0.3, -0.25) is 0 Å². The van der Waals surface area contributed by atoms with Gasteiger partial charge in [-0.1, -0.05) is 71.9 Å². The number of halogens is 1. The lowest BCUT2D eigenvalue weighted by Gasteiger charge is -2.05. The van der Waals surface area contributed by atoms with E-state index >= 15 is 0 Å². The topological polar surface area (TPSA) is 27.7 Å². The number of benzene rings is 3. The van der Waals surface area contributed by atoms with Gasteiger partial charge in [-0.05, 0) is 70.8 Å². The van der Waals surface area contributed by atoms with Gasteiger partial charge in [-0.2, -0.15) is 0 Å². The maximum absolute atomic E-state index is 12.4. The molecule has 0 saturated carbocycles. The van der Waals surface area contributed by atoms with Gasteiger partial charge >= 0.3 is 0 Å². The molecular formula is C29H37FO3. The zero-order valence-electron chi connectivity index (χ0n) is 20.9. The number of fused-ring (bicyclic) bond motifs is 1. The van der Waals surface area contributed by atoms with Crippen molar-refractivity contribution in [3.05, 3.63) is 89.2 Å². The molecule has 0 saturated heterocycles. The van der Waals surface area contributed by atoms with Crippen LogP contribution < -0.4 is 14.2 Å². The molecule has 178 valence electrons. The second-order valence-corrected chi connectivity index (χ2v) is 8.90. The van der Waals surface area contributed by atoms with Gasteiger partial charge in [-0.15, -0.1) is 0 Å². The van der Waals surface area contributed by atoms with Crippen molar-refractivity contribution >= 4 is 0 Å². The van der Waals surface area contributed by atoms with Gasteiger partial charge in [0.25, 0.3) is 0 Å². The summed E-state index contributed by atoms with van der Waals surface area (Å²) < 4.78 is 27.9. The Bertz CT molecular complexity index is 961. The van der Waals surface area contributed by atoms with Crippen LogP contribution in [0, 0.1) is 5.82 Å². The lowest BCUT2D eigenvalue weighted by Crippen LogP contribution is -1.93. The monoisotopic (exact) mass is 452 g/mol. The maximum atomic E-state index is 12.4. The quantitative estimate of drug-likeness (QED) is 0.398. The molecule has 0 N–H and O–H groups in total. The number of hydrogen-bond acceptors (Lipinski definition) is 3. The molecule has 0 atom stereocenters. The van der Waals surface area contributed by atoms with E-state index in [4.69, 9.17) is 14.2 Å². The highest BCUT2D eigenvalue weighted by molar-refractivity contribution is 5.45. The zero-order chi connectivity index (χ0) is 24.4. The van der Waals surface area contributed by atoms with Crippen LogP contribution in [0.5, 0.6) is 17.2 Å².